The molecule has 0 fully saturated rings. The Balaban J connectivity index is 2.30. The van der Waals surface area contributed by atoms with E-state index in [2.05, 4.69) is 24.1 Å². The maximum Gasteiger partial charge on any atom is 0.264 e. The third-order valence-corrected chi connectivity index (χ3v) is 8.21. The SMILES string of the molecule is CSSC(C)(C)CCC(=O)NCCOCCOCCOc1cc(COS(C)(=O)=O)nc(COS(C)(=O)=O)c1. The Labute approximate surface area is 233 Å². The van der Waals surface area contributed by atoms with Crippen LogP contribution in [0.2, 0.25) is 0 Å². The molecule has 1 N–H and O–H groups in total. The van der Waals surface area contributed by atoms with Crippen molar-refractivity contribution < 1.29 is 44.2 Å². The number of ether oxygens (including phenoxy) is 3. The van der Waals surface area contributed by atoms with Gasteiger partial charge in [0.25, 0.3) is 20.2 Å². The highest BCUT2D eigenvalue weighted by atomic mass is 33.1. The second-order valence-corrected chi connectivity index (χ2v) is 15.0. The van der Waals surface area contributed by atoms with Crippen LogP contribution >= 0.6 is 21.6 Å². The van der Waals surface area contributed by atoms with Gasteiger partial charge in [-0.1, -0.05) is 21.6 Å². The van der Waals surface area contributed by atoms with Crippen LogP contribution in [0.1, 0.15) is 38.1 Å². The first-order valence-electron chi connectivity index (χ1n) is 11.6. The van der Waals surface area contributed by atoms with Crippen LogP contribution in [0.5, 0.6) is 5.75 Å². The fraction of sp³-hybridized carbons (Fsp3) is 0.727. The molecular formula is C22H38N2O10S4. The zero-order chi connectivity index (χ0) is 28.7. The summed E-state index contributed by atoms with van der Waals surface area (Å²) in [4.78, 5) is 16.1. The standard InChI is InChI=1S/C22H38N2O10S4/c1-22(2,36-35-3)7-6-21(25)23-8-9-30-10-11-31-12-13-32-20-14-18(16-33-37(4,26)27)24-19(15-20)17-34-38(5,28)29/h14-15H,6-13,16-17H2,1-5H3,(H,23,25). The summed E-state index contributed by atoms with van der Waals surface area (Å²) in [5, 5.41) is 2.84. The number of carbonyl (C=O) groups is 1. The van der Waals surface area contributed by atoms with Crippen LogP contribution in [0.4, 0.5) is 0 Å². The van der Waals surface area contributed by atoms with Crippen LogP contribution < -0.4 is 10.1 Å². The van der Waals surface area contributed by atoms with Gasteiger partial charge >= 0.3 is 0 Å². The molecule has 1 heterocycles. The van der Waals surface area contributed by atoms with Gasteiger partial charge in [0, 0.05) is 29.8 Å². The van der Waals surface area contributed by atoms with Crippen molar-refractivity contribution in [1.82, 2.24) is 10.3 Å². The lowest BCUT2D eigenvalue weighted by Gasteiger charge is -2.21. The highest BCUT2D eigenvalue weighted by molar-refractivity contribution is 8.76. The smallest absolute Gasteiger partial charge is 0.264 e. The minimum atomic E-state index is -3.70. The Morgan fingerprint density at radius 1 is 0.921 bits per heavy atom. The Kier molecular flexibility index (Phi) is 16.1. The van der Waals surface area contributed by atoms with E-state index in [1.165, 1.54) is 12.1 Å². The average Bonchev–Trinajstić information content (AvgIpc) is 2.80. The summed E-state index contributed by atoms with van der Waals surface area (Å²) in [5.74, 6) is 0.329. The Morgan fingerprint density at radius 3 is 1.97 bits per heavy atom. The summed E-state index contributed by atoms with van der Waals surface area (Å²) >= 11 is 0. The third kappa shape index (κ3) is 19.0. The van der Waals surface area contributed by atoms with Crippen molar-refractivity contribution in [3.63, 3.8) is 0 Å². The number of rotatable bonds is 21. The van der Waals surface area contributed by atoms with E-state index in [1.807, 2.05) is 6.26 Å². The lowest BCUT2D eigenvalue weighted by atomic mass is 10.1. The van der Waals surface area contributed by atoms with E-state index < -0.39 is 20.2 Å². The first kappa shape index (κ1) is 34.9. The summed E-state index contributed by atoms with van der Waals surface area (Å²) in [6.07, 6.45) is 5.11. The predicted molar refractivity (Wildman–Crippen MR) is 148 cm³/mol. The van der Waals surface area contributed by atoms with Crippen molar-refractivity contribution in [2.45, 2.75) is 44.6 Å². The van der Waals surface area contributed by atoms with E-state index in [-0.39, 0.29) is 48.5 Å². The first-order chi connectivity index (χ1) is 17.7. The summed E-state index contributed by atoms with van der Waals surface area (Å²) in [6, 6.07) is 2.96. The van der Waals surface area contributed by atoms with E-state index in [1.54, 1.807) is 21.6 Å². The van der Waals surface area contributed by atoms with Gasteiger partial charge in [0.2, 0.25) is 5.91 Å². The zero-order valence-electron chi connectivity index (χ0n) is 22.4. The Bertz CT molecular complexity index is 1010. The molecule has 1 rings (SSSR count). The molecule has 0 aromatic carbocycles. The molecular weight excluding hydrogens is 581 g/mol. The summed E-state index contributed by atoms with van der Waals surface area (Å²) in [7, 11) is -3.94. The zero-order valence-corrected chi connectivity index (χ0v) is 25.7. The molecule has 16 heteroatoms. The van der Waals surface area contributed by atoms with Gasteiger partial charge in [-0.15, -0.1) is 0 Å². The van der Waals surface area contributed by atoms with Crippen molar-refractivity contribution in [3.8, 4) is 5.75 Å². The number of pyridine rings is 1. The molecule has 0 atom stereocenters. The van der Waals surface area contributed by atoms with E-state index in [0.29, 0.717) is 38.5 Å². The topological polar surface area (TPSA) is 156 Å². The van der Waals surface area contributed by atoms with Gasteiger partial charge in [0.15, 0.2) is 0 Å². The highest BCUT2D eigenvalue weighted by Crippen LogP contribution is 2.36. The van der Waals surface area contributed by atoms with Gasteiger partial charge < -0.3 is 19.5 Å². The third-order valence-electron chi connectivity index (χ3n) is 4.45. The molecule has 1 amide bonds. The van der Waals surface area contributed by atoms with Crippen LogP contribution in [0.15, 0.2) is 12.1 Å². The predicted octanol–water partition coefficient (Wildman–Crippen LogP) is 2.13. The second kappa shape index (κ2) is 17.5. The lowest BCUT2D eigenvalue weighted by molar-refractivity contribution is -0.121. The van der Waals surface area contributed by atoms with Gasteiger partial charge in [-0.05, 0) is 26.5 Å². The van der Waals surface area contributed by atoms with E-state index in [0.717, 1.165) is 18.9 Å². The molecule has 0 saturated heterocycles. The summed E-state index contributed by atoms with van der Waals surface area (Å²) < 4.78 is 71.1. The molecule has 0 aliphatic rings. The molecule has 0 aliphatic heterocycles. The van der Waals surface area contributed by atoms with Gasteiger partial charge in [0.05, 0.1) is 50.3 Å². The molecule has 220 valence electrons. The molecule has 0 bridgehead atoms. The maximum absolute atomic E-state index is 11.9. The minimum Gasteiger partial charge on any atom is -0.491 e. The van der Waals surface area contributed by atoms with Crippen LogP contribution in [0.25, 0.3) is 0 Å². The van der Waals surface area contributed by atoms with Gasteiger partial charge in [-0.2, -0.15) is 16.8 Å². The fourth-order valence-electron chi connectivity index (χ4n) is 2.76. The van der Waals surface area contributed by atoms with Crippen molar-refractivity contribution in [1.29, 1.82) is 0 Å². The number of carbonyl (C=O) groups excluding carboxylic acids is 1. The van der Waals surface area contributed by atoms with Crippen LogP contribution in [0.3, 0.4) is 0 Å². The van der Waals surface area contributed by atoms with Crippen LogP contribution in [-0.4, -0.2) is 90.8 Å². The molecule has 0 unspecified atom stereocenters. The number of hydrogen-bond donors (Lipinski definition) is 1. The Hall–Kier alpha value is -1.14. The van der Waals surface area contributed by atoms with Gasteiger partial charge in [0.1, 0.15) is 25.6 Å². The monoisotopic (exact) mass is 618 g/mol. The molecule has 0 radical (unpaired) electrons. The first-order valence-corrected chi connectivity index (χ1v) is 17.8. The van der Waals surface area contributed by atoms with Gasteiger partial charge in [-0.25, -0.2) is 0 Å². The highest BCUT2D eigenvalue weighted by Gasteiger charge is 2.19. The van der Waals surface area contributed by atoms with Crippen molar-refractivity contribution in [2.75, 3.05) is 58.3 Å². The number of hydrogen-bond acceptors (Lipinski definition) is 13. The molecule has 1 aromatic rings. The van der Waals surface area contributed by atoms with Crippen LogP contribution in [-0.2, 0) is 56.1 Å². The molecule has 0 spiro atoms. The lowest BCUT2D eigenvalue weighted by Crippen LogP contribution is -2.29. The van der Waals surface area contributed by atoms with Crippen LogP contribution in [0, 0.1) is 0 Å². The molecule has 0 aliphatic carbocycles. The summed E-state index contributed by atoms with van der Waals surface area (Å²) in [5.41, 5.74) is 0.452. The molecule has 0 saturated carbocycles. The van der Waals surface area contributed by atoms with E-state index in [4.69, 9.17) is 22.6 Å². The van der Waals surface area contributed by atoms with Crippen molar-refractivity contribution >= 4 is 47.7 Å². The van der Waals surface area contributed by atoms with E-state index >= 15 is 0 Å². The molecule has 1 aromatic heterocycles. The van der Waals surface area contributed by atoms with Crippen molar-refractivity contribution in [3.05, 3.63) is 23.5 Å². The maximum atomic E-state index is 11.9. The number of aromatic nitrogens is 1. The van der Waals surface area contributed by atoms with Gasteiger partial charge in [-0.3, -0.25) is 18.1 Å². The number of nitrogens with one attached hydrogen (secondary N) is 1. The summed E-state index contributed by atoms with van der Waals surface area (Å²) in [6.45, 7) is 5.46. The second-order valence-electron chi connectivity index (χ2n) is 8.65. The average molecular weight is 619 g/mol. The molecule has 12 nitrogen and oxygen atoms in total. The van der Waals surface area contributed by atoms with Crippen molar-refractivity contribution in [2.24, 2.45) is 0 Å². The fourth-order valence-corrected chi connectivity index (χ4v) is 5.67. The largest absolute Gasteiger partial charge is 0.491 e. The number of nitrogens with zero attached hydrogens (tertiary/aromatic N) is 1. The molecule has 38 heavy (non-hydrogen) atoms. The quantitative estimate of drug-likeness (QED) is 0.122. The minimum absolute atomic E-state index is 0.00460. The van der Waals surface area contributed by atoms with E-state index in [9.17, 15) is 21.6 Å². The Morgan fingerprint density at radius 2 is 1.45 bits per heavy atom. The normalized spacial score (nSPS) is 12.4. The number of amides is 1.